The Morgan fingerprint density at radius 1 is 0.909 bits per heavy atom. The van der Waals surface area contributed by atoms with E-state index >= 15 is 0 Å². The molecular formula is C23H17ClN4O4S. The van der Waals surface area contributed by atoms with Crippen LogP contribution in [0, 0.1) is 17.0 Å². The fourth-order valence-electron chi connectivity index (χ4n) is 3.10. The molecule has 0 radical (unpaired) electrons. The fraction of sp³-hybridized carbons (Fsp3) is 0.0435. The summed E-state index contributed by atoms with van der Waals surface area (Å²) < 4.78 is 28.2. The second kappa shape index (κ2) is 8.97. The lowest BCUT2D eigenvalue weighted by atomic mass is 10.1. The zero-order chi connectivity index (χ0) is 23.6. The number of aromatic nitrogens is 2. The molecule has 0 saturated carbocycles. The molecule has 0 amide bonds. The number of hydrogen-bond acceptors (Lipinski definition) is 6. The third-order valence-corrected chi connectivity index (χ3v) is 6.48. The van der Waals surface area contributed by atoms with Crippen LogP contribution in [0.1, 0.15) is 5.56 Å². The average molecular weight is 481 g/mol. The lowest BCUT2D eigenvalue weighted by Crippen LogP contribution is -2.15. The molecule has 0 spiro atoms. The van der Waals surface area contributed by atoms with Gasteiger partial charge in [-0.1, -0.05) is 47.5 Å². The van der Waals surface area contributed by atoms with Crippen LogP contribution < -0.4 is 4.72 Å². The maximum absolute atomic E-state index is 12.9. The Morgan fingerprint density at radius 3 is 2.18 bits per heavy atom. The van der Waals surface area contributed by atoms with Crippen LogP contribution in [0.2, 0.25) is 5.02 Å². The SMILES string of the molecule is Cc1ccc(S(=O)(=O)Nc2nc(-c3ccc([N+](=O)[O-])cc3)cc(-c3ccccc3Cl)n2)cc1. The first-order valence-corrected chi connectivity index (χ1v) is 11.6. The minimum Gasteiger partial charge on any atom is -0.258 e. The molecule has 10 heteroatoms. The molecule has 1 N–H and O–H groups in total. The van der Waals surface area contributed by atoms with Gasteiger partial charge in [-0.25, -0.2) is 23.1 Å². The number of hydrogen-bond donors (Lipinski definition) is 1. The third kappa shape index (κ3) is 5.00. The number of nitro groups is 1. The molecule has 0 aliphatic rings. The van der Waals surface area contributed by atoms with Crippen molar-refractivity contribution in [1.29, 1.82) is 0 Å². The minimum atomic E-state index is -3.95. The number of rotatable bonds is 6. The summed E-state index contributed by atoms with van der Waals surface area (Å²) in [5.74, 6) is -0.152. The smallest absolute Gasteiger partial charge is 0.258 e. The molecule has 0 unspecified atom stereocenters. The van der Waals surface area contributed by atoms with Gasteiger partial charge in [0.2, 0.25) is 5.95 Å². The van der Waals surface area contributed by atoms with Gasteiger partial charge in [0.1, 0.15) is 0 Å². The Hall–Kier alpha value is -3.82. The van der Waals surface area contributed by atoms with Crippen LogP contribution in [-0.2, 0) is 10.0 Å². The Labute approximate surface area is 195 Å². The van der Waals surface area contributed by atoms with E-state index in [1.54, 1.807) is 42.5 Å². The summed E-state index contributed by atoms with van der Waals surface area (Å²) in [5.41, 5.74) is 2.75. The number of halogens is 1. The van der Waals surface area contributed by atoms with Gasteiger partial charge in [-0.3, -0.25) is 10.1 Å². The van der Waals surface area contributed by atoms with E-state index in [4.69, 9.17) is 11.6 Å². The molecule has 1 heterocycles. The quantitative estimate of drug-likeness (QED) is 0.288. The maximum Gasteiger partial charge on any atom is 0.269 e. The van der Waals surface area contributed by atoms with Gasteiger partial charge in [0.05, 0.1) is 21.2 Å². The van der Waals surface area contributed by atoms with E-state index in [1.165, 1.54) is 36.4 Å². The first-order valence-electron chi connectivity index (χ1n) is 9.71. The van der Waals surface area contributed by atoms with Gasteiger partial charge in [-0.2, -0.15) is 0 Å². The number of non-ortho nitro benzene ring substituents is 1. The summed E-state index contributed by atoms with van der Waals surface area (Å²) in [6.07, 6.45) is 0. The molecule has 4 aromatic rings. The molecule has 0 saturated heterocycles. The molecule has 33 heavy (non-hydrogen) atoms. The van der Waals surface area contributed by atoms with Crippen molar-refractivity contribution in [1.82, 2.24) is 9.97 Å². The summed E-state index contributed by atoms with van der Waals surface area (Å²) in [6, 6.07) is 20.8. The number of nitrogens with one attached hydrogen (secondary N) is 1. The van der Waals surface area contributed by atoms with Crippen molar-refractivity contribution in [3.05, 3.63) is 99.6 Å². The second-order valence-electron chi connectivity index (χ2n) is 7.16. The van der Waals surface area contributed by atoms with Crippen molar-refractivity contribution in [3.63, 3.8) is 0 Å². The minimum absolute atomic E-state index is 0.0664. The van der Waals surface area contributed by atoms with E-state index in [0.717, 1.165) is 5.56 Å². The molecule has 166 valence electrons. The van der Waals surface area contributed by atoms with Gasteiger partial charge in [0.15, 0.2) is 0 Å². The summed E-state index contributed by atoms with van der Waals surface area (Å²) in [7, 11) is -3.95. The van der Waals surface area contributed by atoms with Gasteiger partial charge >= 0.3 is 0 Å². The van der Waals surface area contributed by atoms with Crippen LogP contribution >= 0.6 is 11.6 Å². The maximum atomic E-state index is 12.9. The summed E-state index contributed by atoms with van der Waals surface area (Å²) in [6.45, 7) is 1.86. The van der Waals surface area contributed by atoms with Crippen molar-refractivity contribution < 1.29 is 13.3 Å². The van der Waals surface area contributed by atoms with Gasteiger partial charge < -0.3 is 0 Å². The zero-order valence-corrected chi connectivity index (χ0v) is 18.8. The number of nitrogens with zero attached hydrogens (tertiary/aromatic N) is 3. The van der Waals surface area contributed by atoms with E-state index in [-0.39, 0.29) is 16.5 Å². The zero-order valence-electron chi connectivity index (χ0n) is 17.3. The van der Waals surface area contributed by atoms with Gasteiger partial charge in [0, 0.05) is 28.3 Å². The molecule has 0 aliphatic carbocycles. The van der Waals surface area contributed by atoms with Crippen molar-refractivity contribution in [2.24, 2.45) is 0 Å². The third-order valence-electron chi connectivity index (χ3n) is 4.81. The highest BCUT2D eigenvalue weighted by molar-refractivity contribution is 7.92. The molecule has 0 fully saturated rings. The molecule has 0 atom stereocenters. The molecule has 4 rings (SSSR count). The largest absolute Gasteiger partial charge is 0.269 e. The highest BCUT2D eigenvalue weighted by Crippen LogP contribution is 2.31. The van der Waals surface area contributed by atoms with E-state index < -0.39 is 14.9 Å². The highest BCUT2D eigenvalue weighted by Gasteiger charge is 2.18. The normalized spacial score (nSPS) is 11.2. The molecule has 3 aromatic carbocycles. The molecule has 0 bridgehead atoms. The molecule has 1 aromatic heterocycles. The highest BCUT2D eigenvalue weighted by atomic mass is 35.5. The van der Waals surface area contributed by atoms with Gasteiger partial charge in [-0.15, -0.1) is 0 Å². The van der Waals surface area contributed by atoms with E-state index in [2.05, 4.69) is 14.7 Å². The lowest BCUT2D eigenvalue weighted by Gasteiger charge is -2.12. The second-order valence-corrected chi connectivity index (χ2v) is 9.25. The monoisotopic (exact) mass is 480 g/mol. The topological polar surface area (TPSA) is 115 Å². The van der Waals surface area contributed by atoms with Crippen molar-refractivity contribution in [2.75, 3.05) is 4.72 Å². The number of nitro benzene ring substituents is 1. The van der Waals surface area contributed by atoms with Crippen molar-refractivity contribution in [3.8, 4) is 22.5 Å². The predicted octanol–water partition coefficient (Wildman–Crippen LogP) is 5.48. The van der Waals surface area contributed by atoms with Crippen molar-refractivity contribution in [2.45, 2.75) is 11.8 Å². The first-order chi connectivity index (χ1) is 15.7. The number of aryl methyl sites for hydroxylation is 1. The molecule has 8 nitrogen and oxygen atoms in total. The van der Waals surface area contributed by atoms with E-state index in [1.807, 2.05) is 6.92 Å². The summed E-state index contributed by atoms with van der Waals surface area (Å²) >= 11 is 6.33. The van der Waals surface area contributed by atoms with E-state index in [9.17, 15) is 18.5 Å². The summed E-state index contributed by atoms with van der Waals surface area (Å²) in [5, 5.41) is 11.4. The predicted molar refractivity (Wildman–Crippen MR) is 127 cm³/mol. The number of benzene rings is 3. The van der Waals surface area contributed by atoms with Crippen LogP contribution in [0.5, 0.6) is 0 Å². The Kier molecular flexibility index (Phi) is 6.08. The van der Waals surface area contributed by atoms with Crippen LogP contribution in [0.25, 0.3) is 22.5 Å². The Balaban J connectivity index is 1.81. The van der Waals surface area contributed by atoms with Gasteiger partial charge in [-0.05, 0) is 43.3 Å². The fourth-order valence-corrected chi connectivity index (χ4v) is 4.27. The van der Waals surface area contributed by atoms with Crippen LogP contribution in [0.3, 0.4) is 0 Å². The first kappa shape index (κ1) is 22.4. The Morgan fingerprint density at radius 2 is 1.55 bits per heavy atom. The van der Waals surface area contributed by atoms with Crippen LogP contribution in [0.15, 0.2) is 83.8 Å². The molecule has 0 aliphatic heterocycles. The van der Waals surface area contributed by atoms with Crippen LogP contribution in [-0.4, -0.2) is 23.3 Å². The molecular weight excluding hydrogens is 464 g/mol. The van der Waals surface area contributed by atoms with Gasteiger partial charge in [0.25, 0.3) is 15.7 Å². The van der Waals surface area contributed by atoms with E-state index in [0.29, 0.717) is 27.5 Å². The summed E-state index contributed by atoms with van der Waals surface area (Å²) in [4.78, 5) is 19.3. The number of sulfonamides is 1. The standard InChI is InChI=1S/C23H17ClN4O4S/c1-15-6-12-18(13-7-15)33(31,32)27-23-25-21(16-8-10-17(11-9-16)28(29)30)14-22(26-23)19-4-2-3-5-20(19)24/h2-14H,1H3,(H,25,26,27). The van der Waals surface area contributed by atoms with Crippen molar-refractivity contribution >= 4 is 33.3 Å². The number of anilines is 1. The Bertz CT molecular complexity index is 1440. The lowest BCUT2D eigenvalue weighted by molar-refractivity contribution is -0.384. The average Bonchev–Trinajstić information content (AvgIpc) is 2.79. The van der Waals surface area contributed by atoms with Crippen LogP contribution in [0.4, 0.5) is 11.6 Å².